The van der Waals surface area contributed by atoms with Gasteiger partial charge in [-0.1, -0.05) is 47.9 Å². The second-order valence-electron chi connectivity index (χ2n) is 11.2. The number of allylic oxidation sites excluding steroid dienone is 6. The van der Waals surface area contributed by atoms with E-state index in [9.17, 15) is 41.4 Å². The first-order valence-corrected chi connectivity index (χ1v) is 12.4. The number of fused-ring (bicyclic) bond motifs is 1. The molecule has 200 valence electrons. The van der Waals surface area contributed by atoms with Crippen molar-refractivity contribution in [2.45, 2.75) is 95.2 Å². The topological polar surface area (TPSA) is 57.5 Å². The molecule has 4 aliphatic rings. The van der Waals surface area contributed by atoms with E-state index in [0.29, 0.717) is 25.7 Å². The molecule has 4 aliphatic carbocycles. The van der Waals surface area contributed by atoms with Crippen LogP contribution in [-0.2, 0) is 4.79 Å². The predicted octanol–water partition coefficient (Wildman–Crippen LogP) is 6.67. The summed E-state index contributed by atoms with van der Waals surface area (Å²) in [5, 5.41) is 19.3. The van der Waals surface area contributed by atoms with Crippen LogP contribution in [0.15, 0.2) is 47.1 Å². The Bertz CT molecular complexity index is 998. The highest BCUT2D eigenvalue weighted by molar-refractivity contribution is 5.82. The molecule has 0 aliphatic heterocycles. The first kappa shape index (κ1) is 27.2. The standard InChI is InChI=1S/C27H32F6O3/c1-23-9-2-4-18(6-5-17-14-19(34)16-20(35)15-17)21(23)7-8-22(23)24(12-13-24)10-3-11-25(36,26(28,29)30)27(31,32)33/h3,5-6,8,11,19,21,34,36H,2,4,7,9-10,12-16H2,1H3/b11-3-,17-5-,18-6+/t19-,21+,23+/m1/s1. The summed E-state index contributed by atoms with van der Waals surface area (Å²) in [4.78, 5) is 11.8. The van der Waals surface area contributed by atoms with Crippen molar-refractivity contribution in [1.29, 1.82) is 0 Å². The highest BCUT2D eigenvalue weighted by Gasteiger charge is 2.69. The molecular weight excluding hydrogens is 486 g/mol. The molecule has 3 nitrogen and oxygen atoms in total. The van der Waals surface area contributed by atoms with E-state index >= 15 is 0 Å². The van der Waals surface area contributed by atoms with Crippen LogP contribution in [0.25, 0.3) is 0 Å². The SMILES string of the molecule is C[C@]12CCC/C(=C\C=C3/CC(=O)C[C@H](O)C3)[C@@H]1CC=C2C1(C/C=C\C(O)(C(F)(F)F)C(F)(F)F)CC1. The first-order valence-electron chi connectivity index (χ1n) is 12.4. The Balaban J connectivity index is 1.52. The summed E-state index contributed by atoms with van der Waals surface area (Å²) in [6.07, 6.45) is 0.243. The Hall–Kier alpha value is -1.87. The number of ketones is 1. The summed E-state index contributed by atoms with van der Waals surface area (Å²) in [6.45, 7) is 2.14. The van der Waals surface area contributed by atoms with Crippen molar-refractivity contribution in [2.75, 3.05) is 0 Å². The molecule has 2 N–H and O–H groups in total. The van der Waals surface area contributed by atoms with Gasteiger partial charge in [0, 0.05) is 12.8 Å². The third-order valence-electron chi connectivity index (χ3n) is 8.63. The van der Waals surface area contributed by atoms with Crippen LogP contribution in [0.1, 0.15) is 71.1 Å². The predicted molar refractivity (Wildman–Crippen MR) is 122 cm³/mol. The minimum atomic E-state index is -5.86. The normalized spacial score (nSPS) is 33.4. The summed E-state index contributed by atoms with van der Waals surface area (Å²) >= 11 is 0. The van der Waals surface area contributed by atoms with Crippen LogP contribution < -0.4 is 0 Å². The molecule has 0 heterocycles. The Labute approximate surface area is 206 Å². The molecule has 0 amide bonds. The number of carbonyl (C=O) groups excluding carboxylic acids is 1. The van der Waals surface area contributed by atoms with E-state index in [0.717, 1.165) is 42.9 Å². The molecule has 3 saturated carbocycles. The molecule has 9 heteroatoms. The molecule has 0 spiro atoms. The third-order valence-corrected chi connectivity index (χ3v) is 8.63. The number of aliphatic hydroxyl groups excluding tert-OH is 1. The molecule has 0 bridgehead atoms. The van der Waals surface area contributed by atoms with Crippen molar-refractivity contribution in [3.05, 3.63) is 47.1 Å². The lowest BCUT2D eigenvalue weighted by Crippen LogP contribution is -2.55. The number of alkyl halides is 6. The van der Waals surface area contributed by atoms with Crippen LogP contribution in [-0.4, -0.2) is 40.1 Å². The van der Waals surface area contributed by atoms with Crippen molar-refractivity contribution in [3.8, 4) is 0 Å². The Morgan fingerprint density at radius 1 is 1.06 bits per heavy atom. The van der Waals surface area contributed by atoms with Gasteiger partial charge in [0.05, 0.1) is 6.10 Å². The number of halogens is 6. The van der Waals surface area contributed by atoms with E-state index in [1.165, 1.54) is 5.57 Å². The Morgan fingerprint density at radius 2 is 1.72 bits per heavy atom. The fourth-order valence-corrected chi connectivity index (χ4v) is 6.57. The van der Waals surface area contributed by atoms with Gasteiger partial charge < -0.3 is 10.2 Å². The number of hydrogen-bond acceptors (Lipinski definition) is 3. The lowest BCUT2D eigenvalue weighted by atomic mass is 9.61. The average Bonchev–Trinajstić information content (AvgIpc) is 3.42. The maximum atomic E-state index is 13.0. The van der Waals surface area contributed by atoms with Gasteiger partial charge in [-0.25, -0.2) is 0 Å². The monoisotopic (exact) mass is 518 g/mol. The summed E-state index contributed by atoms with van der Waals surface area (Å²) in [6, 6.07) is 0. The van der Waals surface area contributed by atoms with Gasteiger partial charge in [-0.05, 0) is 74.2 Å². The Kier molecular flexibility index (Phi) is 6.91. The van der Waals surface area contributed by atoms with Crippen molar-refractivity contribution < 1.29 is 41.4 Å². The Morgan fingerprint density at radius 3 is 2.31 bits per heavy atom. The van der Waals surface area contributed by atoms with Gasteiger partial charge in [-0.15, -0.1) is 0 Å². The average molecular weight is 519 g/mol. The molecule has 0 unspecified atom stereocenters. The van der Waals surface area contributed by atoms with Crippen LogP contribution in [0, 0.1) is 16.7 Å². The lowest BCUT2D eigenvalue weighted by Gasteiger charge is -2.43. The number of hydrogen-bond donors (Lipinski definition) is 2. The zero-order valence-electron chi connectivity index (χ0n) is 20.2. The molecule has 0 radical (unpaired) electrons. The maximum Gasteiger partial charge on any atom is 0.429 e. The fraction of sp³-hybridized carbons (Fsp3) is 0.667. The maximum absolute atomic E-state index is 13.0. The summed E-state index contributed by atoms with van der Waals surface area (Å²) in [7, 11) is 0. The molecule has 0 aromatic carbocycles. The van der Waals surface area contributed by atoms with Gasteiger partial charge in [0.25, 0.3) is 5.60 Å². The molecule has 3 fully saturated rings. The molecular formula is C27H32F6O3. The van der Waals surface area contributed by atoms with E-state index in [4.69, 9.17) is 0 Å². The number of carbonyl (C=O) groups is 1. The van der Waals surface area contributed by atoms with E-state index in [-0.39, 0.29) is 36.0 Å². The highest BCUT2D eigenvalue weighted by atomic mass is 19.4. The number of rotatable bonds is 5. The van der Waals surface area contributed by atoms with Crippen molar-refractivity contribution >= 4 is 5.78 Å². The molecule has 0 aromatic rings. The largest absolute Gasteiger partial charge is 0.429 e. The van der Waals surface area contributed by atoms with Gasteiger partial charge in [0.1, 0.15) is 5.78 Å². The van der Waals surface area contributed by atoms with Crippen molar-refractivity contribution in [2.24, 2.45) is 16.7 Å². The molecule has 36 heavy (non-hydrogen) atoms. The fourth-order valence-electron chi connectivity index (χ4n) is 6.57. The van der Waals surface area contributed by atoms with E-state index < -0.39 is 29.5 Å². The van der Waals surface area contributed by atoms with Gasteiger partial charge in [0.15, 0.2) is 0 Å². The van der Waals surface area contributed by atoms with Crippen LogP contribution in [0.5, 0.6) is 0 Å². The van der Waals surface area contributed by atoms with Crippen LogP contribution in [0.4, 0.5) is 26.3 Å². The minimum Gasteiger partial charge on any atom is -0.392 e. The van der Waals surface area contributed by atoms with Gasteiger partial charge >= 0.3 is 12.4 Å². The van der Waals surface area contributed by atoms with Gasteiger partial charge in [-0.2, -0.15) is 26.3 Å². The molecule has 4 rings (SSSR count). The quantitative estimate of drug-likeness (QED) is 0.316. The highest BCUT2D eigenvalue weighted by Crippen LogP contribution is 2.67. The zero-order chi connectivity index (χ0) is 26.6. The summed E-state index contributed by atoms with van der Waals surface area (Å²) < 4.78 is 78.2. The second-order valence-corrected chi connectivity index (χ2v) is 11.2. The number of aliphatic hydroxyl groups is 2. The van der Waals surface area contributed by atoms with Crippen molar-refractivity contribution in [3.63, 3.8) is 0 Å². The smallest absolute Gasteiger partial charge is 0.392 e. The van der Waals surface area contributed by atoms with Crippen LogP contribution >= 0.6 is 0 Å². The molecule has 3 atom stereocenters. The zero-order valence-corrected chi connectivity index (χ0v) is 20.2. The molecule has 0 saturated heterocycles. The summed E-state index contributed by atoms with van der Waals surface area (Å²) in [5.41, 5.74) is -2.35. The third kappa shape index (κ3) is 4.85. The van der Waals surface area contributed by atoms with Gasteiger partial charge in [-0.3, -0.25) is 4.79 Å². The van der Waals surface area contributed by atoms with Crippen molar-refractivity contribution in [1.82, 2.24) is 0 Å². The van der Waals surface area contributed by atoms with E-state index in [1.54, 1.807) is 0 Å². The van der Waals surface area contributed by atoms with Crippen LogP contribution in [0.3, 0.4) is 0 Å². The molecule has 0 aromatic heterocycles. The van der Waals surface area contributed by atoms with E-state index in [1.807, 2.05) is 12.2 Å². The lowest BCUT2D eigenvalue weighted by molar-refractivity contribution is -0.347. The number of Topliss-reactive ketones (excluding diaryl/α,β-unsaturated/α-hetero) is 1. The minimum absolute atomic E-state index is 0.0126. The van der Waals surface area contributed by atoms with Gasteiger partial charge in [0.2, 0.25) is 0 Å². The first-order chi connectivity index (χ1) is 16.6. The van der Waals surface area contributed by atoms with E-state index in [2.05, 4.69) is 13.0 Å². The van der Waals surface area contributed by atoms with Crippen LogP contribution in [0.2, 0.25) is 0 Å². The second kappa shape index (κ2) is 9.15. The summed E-state index contributed by atoms with van der Waals surface area (Å²) in [5.74, 6) is 0.203.